The van der Waals surface area contributed by atoms with E-state index in [1.54, 1.807) is 12.1 Å². The Morgan fingerprint density at radius 3 is 2.38 bits per heavy atom. The number of hydrogen-bond donors (Lipinski definition) is 0. The topological polar surface area (TPSA) is 43.4 Å². The van der Waals surface area contributed by atoms with Crippen LogP contribution in [0.2, 0.25) is 0 Å². The van der Waals surface area contributed by atoms with Gasteiger partial charge in [0.25, 0.3) is 0 Å². The van der Waals surface area contributed by atoms with E-state index in [0.29, 0.717) is 5.56 Å². The summed E-state index contributed by atoms with van der Waals surface area (Å²) in [4.78, 5) is 24.2. The van der Waals surface area contributed by atoms with E-state index in [0.717, 1.165) is 21.7 Å². The Kier molecular flexibility index (Phi) is 5.35. The summed E-state index contributed by atoms with van der Waals surface area (Å²) in [6, 6.07) is 16.8. The number of esters is 1. The fourth-order valence-electron chi connectivity index (χ4n) is 1.73. The molecule has 21 heavy (non-hydrogen) atoms. The van der Waals surface area contributed by atoms with E-state index >= 15 is 0 Å². The van der Waals surface area contributed by atoms with E-state index in [-0.39, 0.29) is 0 Å². The average molecular weight is 298 g/mol. The van der Waals surface area contributed by atoms with Crippen LogP contribution >= 0.6 is 11.8 Å². The SMILES string of the molecule is COC(=O)/C=C(/Sc1ccccc1C=O)c1ccccc1. The van der Waals surface area contributed by atoms with Crippen molar-refractivity contribution in [1.29, 1.82) is 0 Å². The Morgan fingerprint density at radius 2 is 1.71 bits per heavy atom. The highest BCUT2D eigenvalue weighted by Gasteiger charge is 2.10. The Balaban J connectivity index is 2.39. The maximum Gasteiger partial charge on any atom is 0.331 e. The van der Waals surface area contributed by atoms with Crippen LogP contribution in [0.25, 0.3) is 4.91 Å². The molecule has 0 saturated carbocycles. The summed E-state index contributed by atoms with van der Waals surface area (Å²) in [7, 11) is 1.34. The zero-order valence-electron chi connectivity index (χ0n) is 11.5. The van der Waals surface area contributed by atoms with E-state index in [1.165, 1.54) is 24.9 Å². The minimum Gasteiger partial charge on any atom is -0.466 e. The highest BCUT2D eigenvalue weighted by molar-refractivity contribution is 8.08. The monoisotopic (exact) mass is 298 g/mol. The number of carbonyl (C=O) groups excluding carboxylic acids is 2. The molecular weight excluding hydrogens is 284 g/mol. The van der Waals surface area contributed by atoms with Gasteiger partial charge in [-0.05, 0) is 11.6 Å². The first-order valence-electron chi connectivity index (χ1n) is 6.31. The lowest BCUT2D eigenvalue weighted by atomic mass is 10.2. The van der Waals surface area contributed by atoms with Crippen LogP contribution in [-0.2, 0) is 9.53 Å². The van der Waals surface area contributed by atoms with E-state index < -0.39 is 5.97 Å². The molecule has 0 amide bonds. The summed E-state index contributed by atoms with van der Waals surface area (Å²) in [6.45, 7) is 0. The molecule has 0 spiro atoms. The Morgan fingerprint density at radius 1 is 1.05 bits per heavy atom. The first-order valence-corrected chi connectivity index (χ1v) is 7.13. The van der Waals surface area contributed by atoms with E-state index in [1.807, 2.05) is 42.5 Å². The number of benzene rings is 2. The zero-order valence-corrected chi connectivity index (χ0v) is 12.3. The van der Waals surface area contributed by atoms with Crippen LogP contribution in [-0.4, -0.2) is 19.4 Å². The van der Waals surface area contributed by atoms with Crippen molar-refractivity contribution in [2.45, 2.75) is 4.90 Å². The molecule has 0 aromatic heterocycles. The van der Waals surface area contributed by atoms with Crippen molar-refractivity contribution in [3.05, 3.63) is 71.8 Å². The van der Waals surface area contributed by atoms with Crippen LogP contribution < -0.4 is 0 Å². The van der Waals surface area contributed by atoms with Gasteiger partial charge in [-0.3, -0.25) is 4.79 Å². The number of hydrogen-bond acceptors (Lipinski definition) is 4. The third-order valence-electron chi connectivity index (χ3n) is 2.77. The summed E-state index contributed by atoms with van der Waals surface area (Å²) in [6.07, 6.45) is 2.24. The lowest BCUT2D eigenvalue weighted by molar-refractivity contribution is -0.134. The van der Waals surface area contributed by atoms with Gasteiger partial charge >= 0.3 is 5.97 Å². The molecule has 0 aliphatic heterocycles. The van der Waals surface area contributed by atoms with Gasteiger partial charge in [0.05, 0.1) is 7.11 Å². The number of methoxy groups -OCH3 is 1. The molecule has 0 saturated heterocycles. The first-order chi connectivity index (χ1) is 10.2. The summed E-state index contributed by atoms with van der Waals surface area (Å²) in [5, 5.41) is 0. The molecule has 2 aromatic rings. The molecule has 0 aliphatic rings. The van der Waals surface area contributed by atoms with Gasteiger partial charge in [-0.25, -0.2) is 4.79 Å². The van der Waals surface area contributed by atoms with Gasteiger partial charge < -0.3 is 4.74 Å². The number of ether oxygens (including phenoxy) is 1. The fraction of sp³-hybridized carbons (Fsp3) is 0.0588. The Hall–Kier alpha value is -2.33. The molecule has 2 aromatic carbocycles. The number of carbonyl (C=O) groups is 2. The molecule has 0 radical (unpaired) electrons. The van der Waals surface area contributed by atoms with Crippen molar-refractivity contribution < 1.29 is 14.3 Å². The van der Waals surface area contributed by atoms with Crippen molar-refractivity contribution in [3.8, 4) is 0 Å². The summed E-state index contributed by atoms with van der Waals surface area (Å²) in [5.74, 6) is -0.426. The molecule has 3 nitrogen and oxygen atoms in total. The quantitative estimate of drug-likeness (QED) is 0.364. The molecule has 0 N–H and O–H groups in total. The predicted octanol–water partition coefficient (Wildman–Crippen LogP) is 3.81. The highest BCUT2D eigenvalue weighted by Crippen LogP contribution is 2.35. The molecular formula is C17H14O3S. The molecule has 0 aliphatic carbocycles. The lowest BCUT2D eigenvalue weighted by Gasteiger charge is -2.09. The van der Waals surface area contributed by atoms with Gasteiger partial charge in [0.15, 0.2) is 6.29 Å². The third kappa shape index (κ3) is 4.07. The fourth-order valence-corrected chi connectivity index (χ4v) is 2.76. The van der Waals surface area contributed by atoms with Crippen LogP contribution in [0.3, 0.4) is 0 Å². The van der Waals surface area contributed by atoms with E-state index in [9.17, 15) is 9.59 Å². The van der Waals surface area contributed by atoms with Crippen LogP contribution in [0.15, 0.2) is 65.6 Å². The standard InChI is InChI=1S/C17H14O3S/c1-20-17(19)11-16(13-7-3-2-4-8-13)21-15-10-6-5-9-14(15)12-18/h2-12H,1H3/b16-11+. The molecule has 0 atom stereocenters. The third-order valence-corrected chi connectivity index (χ3v) is 3.94. The molecule has 0 bridgehead atoms. The minimum atomic E-state index is -0.426. The van der Waals surface area contributed by atoms with Crippen LogP contribution in [0, 0.1) is 0 Å². The largest absolute Gasteiger partial charge is 0.466 e. The van der Waals surface area contributed by atoms with Crippen LogP contribution in [0.1, 0.15) is 15.9 Å². The molecule has 2 rings (SSSR count). The van der Waals surface area contributed by atoms with Gasteiger partial charge in [-0.1, -0.05) is 60.3 Å². The summed E-state index contributed by atoms with van der Waals surface area (Å²) in [5.41, 5.74) is 1.49. The summed E-state index contributed by atoms with van der Waals surface area (Å²) < 4.78 is 4.70. The van der Waals surface area contributed by atoms with Gasteiger partial charge in [-0.2, -0.15) is 0 Å². The maximum atomic E-state index is 11.6. The number of thioether (sulfide) groups is 1. The van der Waals surface area contributed by atoms with E-state index in [4.69, 9.17) is 4.74 Å². The van der Waals surface area contributed by atoms with Crippen molar-refractivity contribution in [2.24, 2.45) is 0 Å². The van der Waals surface area contributed by atoms with Crippen LogP contribution in [0.4, 0.5) is 0 Å². The average Bonchev–Trinajstić information content (AvgIpc) is 2.55. The smallest absolute Gasteiger partial charge is 0.331 e. The van der Waals surface area contributed by atoms with Crippen LogP contribution in [0.5, 0.6) is 0 Å². The van der Waals surface area contributed by atoms with Gasteiger partial charge in [0, 0.05) is 21.4 Å². The van der Waals surface area contributed by atoms with Crippen molar-refractivity contribution in [1.82, 2.24) is 0 Å². The zero-order chi connectivity index (χ0) is 15.1. The number of aldehydes is 1. The second-order valence-electron chi connectivity index (χ2n) is 4.16. The van der Waals surface area contributed by atoms with E-state index in [2.05, 4.69) is 0 Å². The Labute approximate surface area is 127 Å². The summed E-state index contributed by atoms with van der Waals surface area (Å²) >= 11 is 1.37. The number of rotatable bonds is 5. The van der Waals surface area contributed by atoms with Gasteiger partial charge in [-0.15, -0.1) is 0 Å². The second-order valence-corrected chi connectivity index (χ2v) is 5.24. The normalized spacial score (nSPS) is 11.0. The molecule has 0 heterocycles. The van der Waals surface area contributed by atoms with Crippen molar-refractivity contribution in [3.63, 3.8) is 0 Å². The predicted molar refractivity (Wildman–Crippen MR) is 84.1 cm³/mol. The molecule has 106 valence electrons. The van der Waals surface area contributed by atoms with Gasteiger partial charge in [0.2, 0.25) is 0 Å². The van der Waals surface area contributed by atoms with Gasteiger partial charge in [0.1, 0.15) is 0 Å². The van der Waals surface area contributed by atoms with Crippen molar-refractivity contribution >= 4 is 28.9 Å². The minimum absolute atomic E-state index is 0.426. The first kappa shape index (κ1) is 15.1. The molecule has 0 fully saturated rings. The second kappa shape index (κ2) is 7.45. The van der Waals surface area contributed by atoms with Crippen molar-refractivity contribution in [2.75, 3.05) is 7.11 Å². The lowest BCUT2D eigenvalue weighted by Crippen LogP contribution is -1.96. The maximum absolute atomic E-state index is 11.6. The molecule has 0 unspecified atom stereocenters. The molecule has 4 heteroatoms. The Bertz CT molecular complexity index is 663. The highest BCUT2D eigenvalue weighted by atomic mass is 32.2.